The molecule has 0 amide bonds. The predicted molar refractivity (Wildman–Crippen MR) is 152 cm³/mol. The number of aromatic nitrogens is 3. The second-order valence-corrected chi connectivity index (χ2v) is 14.1. The lowest BCUT2D eigenvalue weighted by Crippen LogP contribution is -2.50. The quantitative estimate of drug-likeness (QED) is 0.421. The Labute approximate surface area is 234 Å². The van der Waals surface area contributed by atoms with Crippen molar-refractivity contribution in [3.05, 3.63) is 63.6 Å². The van der Waals surface area contributed by atoms with Crippen LogP contribution in [0.4, 0.5) is 11.6 Å². The van der Waals surface area contributed by atoms with E-state index in [1.807, 2.05) is 6.92 Å². The van der Waals surface area contributed by atoms with E-state index >= 15 is 0 Å². The SMILES string of the molecule is Cc1nc(N2CCC3(CC2)Cc2cccc4c2[C@H]3N[S@@](=O)C4(C)C)c(CO)nc1Sc1ccnc(N)c1Cl. The minimum absolute atomic E-state index is 0.0107. The number of halogens is 1. The fraction of sp³-hybridized carbons (Fsp3) is 0.444. The maximum absolute atomic E-state index is 13.2. The van der Waals surface area contributed by atoms with Crippen LogP contribution in [0.15, 0.2) is 40.4 Å². The summed E-state index contributed by atoms with van der Waals surface area (Å²) in [6.07, 6.45) is 4.46. The van der Waals surface area contributed by atoms with E-state index in [2.05, 4.69) is 46.7 Å². The number of rotatable bonds is 4. The van der Waals surface area contributed by atoms with Crippen molar-refractivity contribution in [1.82, 2.24) is 19.7 Å². The third-order valence-electron chi connectivity index (χ3n) is 8.35. The smallest absolute Gasteiger partial charge is 0.153 e. The van der Waals surface area contributed by atoms with Gasteiger partial charge in [0.05, 0.1) is 28.1 Å². The monoisotopic (exact) mass is 570 g/mol. The lowest BCUT2D eigenvalue weighted by atomic mass is 9.72. The minimum Gasteiger partial charge on any atom is -0.390 e. The number of aryl methyl sites for hydroxylation is 1. The van der Waals surface area contributed by atoms with Gasteiger partial charge in [-0.3, -0.25) is 0 Å². The number of hydrogen-bond donors (Lipinski definition) is 3. The fourth-order valence-corrected chi connectivity index (χ4v) is 8.56. The lowest BCUT2D eigenvalue weighted by Gasteiger charge is -2.46. The second kappa shape index (κ2) is 9.45. The van der Waals surface area contributed by atoms with Gasteiger partial charge in [0.2, 0.25) is 0 Å². The molecule has 200 valence electrons. The van der Waals surface area contributed by atoms with Crippen LogP contribution in [-0.2, 0) is 28.8 Å². The van der Waals surface area contributed by atoms with Gasteiger partial charge in [-0.1, -0.05) is 41.6 Å². The van der Waals surface area contributed by atoms with Gasteiger partial charge in [0.1, 0.15) is 27.5 Å². The van der Waals surface area contributed by atoms with Crippen LogP contribution < -0.4 is 15.4 Å². The van der Waals surface area contributed by atoms with Crippen LogP contribution in [0, 0.1) is 12.3 Å². The number of fused-ring (bicyclic) bond motifs is 1. The van der Waals surface area contributed by atoms with E-state index < -0.39 is 15.7 Å². The van der Waals surface area contributed by atoms with Gasteiger partial charge >= 0.3 is 0 Å². The molecule has 4 heterocycles. The van der Waals surface area contributed by atoms with Crippen LogP contribution >= 0.6 is 23.4 Å². The molecule has 3 aliphatic rings. The third kappa shape index (κ3) is 4.03. The van der Waals surface area contributed by atoms with E-state index in [4.69, 9.17) is 27.3 Å². The fourth-order valence-electron chi connectivity index (χ4n) is 6.19. The number of aliphatic hydroxyl groups excluding tert-OH is 1. The van der Waals surface area contributed by atoms with Crippen molar-refractivity contribution in [3.8, 4) is 0 Å². The van der Waals surface area contributed by atoms with Gasteiger partial charge in [0, 0.05) is 24.2 Å². The Bertz CT molecular complexity index is 1460. The maximum Gasteiger partial charge on any atom is 0.153 e. The minimum atomic E-state index is -1.15. The maximum atomic E-state index is 13.2. The number of aliphatic hydroxyl groups is 1. The standard InChI is InChI=1S/C27H31ClN6O2S2/c1-15-25(37-19-7-10-30-23(29)21(19)28)32-18(14-35)24(31-15)34-11-8-27(9-12-34)13-16-5-4-6-17-20(16)22(27)33-38(36)26(17,2)3/h4-7,10,22,33,35H,8-9,11-14H2,1-3H3,(H2,29,30)/t22-,38+/m1/s1. The summed E-state index contributed by atoms with van der Waals surface area (Å²) in [7, 11) is -1.15. The topological polar surface area (TPSA) is 117 Å². The van der Waals surface area contributed by atoms with Gasteiger partial charge in [-0.25, -0.2) is 23.9 Å². The van der Waals surface area contributed by atoms with Crippen molar-refractivity contribution in [2.24, 2.45) is 5.41 Å². The highest BCUT2D eigenvalue weighted by Gasteiger charge is 2.54. The molecular weight excluding hydrogens is 540 g/mol. The summed E-state index contributed by atoms with van der Waals surface area (Å²) in [5.41, 5.74) is 11.1. The number of piperidine rings is 1. The van der Waals surface area contributed by atoms with Crippen molar-refractivity contribution >= 4 is 46.0 Å². The summed E-state index contributed by atoms with van der Waals surface area (Å²) in [6.45, 7) is 7.41. The first kappa shape index (κ1) is 26.0. The molecule has 1 spiro atoms. The Kier molecular flexibility index (Phi) is 6.47. The molecule has 38 heavy (non-hydrogen) atoms. The molecule has 0 saturated carbocycles. The summed E-state index contributed by atoms with van der Waals surface area (Å²) >= 11 is 7.71. The van der Waals surface area contributed by atoms with Crippen LogP contribution in [-0.4, -0.2) is 37.4 Å². The predicted octanol–water partition coefficient (Wildman–Crippen LogP) is 4.45. The van der Waals surface area contributed by atoms with E-state index in [1.165, 1.54) is 28.5 Å². The van der Waals surface area contributed by atoms with Gasteiger partial charge in [-0.2, -0.15) is 0 Å². The van der Waals surface area contributed by atoms with Gasteiger partial charge in [-0.15, -0.1) is 0 Å². The number of pyridine rings is 1. The molecule has 0 unspecified atom stereocenters. The zero-order valence-electron chi connectivity index (χ0n) is 21.6. The van der Waals surface area contributed by atoms with Crippen molar-refractivity contribution in [2.75, 3.05) is 23.7 Å². The van der Waals surface area contributed by atoms with Crippen LogP contribution in [0.1, 0.15) is 60.8 Å². The molecule has 2 aromatic heterocycles. The summed E-state index contributed by atoms with van der Waals surface area (Å²) in [6, 6.07) is 8.38. The van der Waals surface area contributed by atoms with Crippen molar-refractivity contribution in [1.29, 1.82) is 0 Å². The van der Waals surface area contributed by atoms with E-state index in [0.29, 0.717) is 15.7 Å². The molecule has 2 atom stereocenters. The van der Waals surface area contributed by atoms with Crippen LogP contribution in [0.25, 0.3) is 0 Å². The highest BCUT2D eigenvalue weighted by Crippen LogP contribution is 2.57. The molecule has 0 bridgehead atoms. The normalized spacial score (nSPS) is 23.0. The Morgan fingerprint density at radius 2 is 2.03 bits per heavy atom. The third-order valence-corrected chi connectivity index (χ3v) is 11.6. The molecule has 8 nitrogen and oxygen atoms in total. The Morgan fingerprint density at radius 1 is 1.26 bits per heavy atom. The largest absolute Gasteiger partial charge is 0.390 e. The summed E-state index contributed by atoms with van der Waals surface area (Å²) < 4.78 is 16.3. The lowest BCUT2D eigenvalue weighted by molar-refractivity contribution is 0.174. The molecule has 6 rings (SSSR count). The number of anilines is 2. The highest BCUT2D eigenvalue weighted by atomic mass is 35.5. The second-order valence-electron chi connectivity index (χ2n) is 10.9. The number of nitrogens with zero attached hydrogens (tertiary/aromatic N) is 4. The molecule has 1 aliphatic carbocycles. The molecule has 1 saturated heterocycles. The van der Waals surface area contributed by atoms with E-state index in [0.717, 1.165) is 48.8 Å². The molecule has 4 N–H and O–H groups in total. The Morgan fingerprint density at radius 3 is 2.76 bits per heavy atom. The van der Waals surface area contributed by atoms with Gasteiger partial charge in [0.25, 0.3) is 0 Å². The average Bonchev–Trinajstić information content (AvgIpc) is 3.19. The number of nitrogens with two attached hydrogens (primary N) is 1. The molecule has 1 fully saturated rings. The average molecular weight is 571 g/mol. The van der Waals surface area contributed by atoms with Crippen LogP contribution in [0.2, 0.25) is 5.02 Å². The molecule has 1 aromatic carbocycles. The van der Waals surface area contributed by atoms with Gasteiger partial charge in [-0.05, 0) is 68.2 Å². The van der Waals surface area contributed by atoms with E-state index in [9.17, 15) is 9.32 Å². The van der Waals surface area contributed by atoms with E-state index in [-0.39, 0.29) is 23.9 Å². The number of benzene rings is 1. The Balaban J connectivity index is 1.25. The molecule has 0 radical (unpaired) electrons. The number of hydrogen-bond acceptors (Lipinski definition) is 8. The summed E-state index contributed by atoms with van der Waals surface area (Å²) in [4.78, 5) is 16.7. The van der Waals surface area contributed by atoms with E-state index in [1.54, 1.807) is 12.3 Å². The molecule has 2 aliphatic heterocycles. The van der Waals surface area contributed by atoms with Gasteiger partial charge in [0.15, 0.2) is 5.82 Å². The zero-order chi connectivity index (χ0) is 26.8. The highest BCUT2D eigenvalue weighted by molar-refractivity contribution is 7.99. The van der Waals surface area contributed by atoms with Crippen LogP contribution in [0.3, 0.4) is 0 Å². The van der Waals surface area contributed by atoms with Crippen molar-refractivity contribution in [3.63, 3.8) is 0 Å². The van der Waals surface area contributed by atoms with Crippen molar-refractivity contribution in [2.45, 2.75) is 67.4 Å². The zero-order valence-corrected chi connectivity index (χ0v) is 24.0. The Hall–Kier alpha value is -2.24. The number of nitrogens with one attached hydrogen (secondary N) is 1. The molecule has 3 aromatic rings. The first-order valence-electron chi connectivity index (χ1n) is 12.8. The van der Waals surface area contributed by atoms with Crippen molar-refractivity contribution < 1.29 is 9.32 Å². The summed E-state index contributed by atoms with van der Waals surface area (Å²) in [5, 5.41) is 11.3. The first-order valence-corrected chi connectivity index (χ1v) is 15.1. The number of nitrogen functional groups attached to an aromatic ring is 1. The summed E-state index contributed by atoms with van der Waals surface area (Å²) in [5.74, 6) is 0.992. The van der Waals surface area contributed by atoms with Crippen LogP contribution in [0.5, 0.6) is 0 Å². The van der Waals surface area contributed by atoms with Gasteiger partial charge < -0.3 is 15.7 Å². The molecule has 11 heteroatoms. The molecular formula is C27H31ClN6O2S2. The first-order chi connectivity index (χ1) is 18.1.